The summed E-state index contributed by atoms with van der Waals surface area (Å²) in [6.07, 6.45) is 6.17. The lowest BCUT2D eigenvalue weighted by atomic mass is 9.78. The van der Waals surface area contributed by atoms with Crippen LogP contribution in [-0.2, 0) is 4.74 Å². The zero-order valence-corrected chi connectivity index (χ0v) is 13.1. The number of pyridine rings is 1. The number of hydrogen-bond donors (Lipinski definition) is 0. The highest BCUT2D eigenvalue weighted by molar-refractivity contribution is 5.15. The van der Waals surface area contributed by atoms with E-state index in [9.17, 15) is 0 Å². The van der Waals surface area contributed by atoms with E-state index in [-0.39, 0.29) is 0 Å². The van der Waals surface area contributed by atoms with Crippen LogP contribution in [-0.4, -0.2) is 73.4 Å². The first-order valence-corrected chi connectivity index (χ1v) is 8.41. The number of aromatic nitrogens is 1. The van der Waals surface area contributed by atoms with Crippen LogP contribution >= 0.6 is 0 Å². The van der Waals surface area contributed by atoms with Crippen LogP contribution in [0.15, 0.2) is 24.5 Å². The molecule has 3 fully saturated rings. The van der Waals surface area contributed by atoms with Gasteiger partial charge >= 0.3 is 0 Å². The van der Waals surface area contributed by atoms with Crippen LogP contribution in [0.4, 0.5) is 0 Å². The molecule has 0 aromatic carbocycles. The third-order valence-electron chi connectivity index (χ3n) is 5.14. The summed E-state index contributed by atoms with van der Waals surface area (Å²) >= 11 is 0. The smallest absolute Gasteiger partial charge is 0.137 e. The maximum atomic E-state index is 6.00. The van der Waals surface area contributed by atoms with Gasteiger partial charge in [0.25, 0.3) is 0 Å². The predicted molar refractivity (Wildman–Crippen MR) is 84.0 cm³/mol. The number of rotatable bonds is 5. The Balaban J connectivity index is 1.14. The lowest BCUT2D eigenvalue weighted by Crippen LogP contribution is -2.66. The molecule has 1 aromatic rings. The molecule has 0 saturated carbocycles. The Kier molecular flexibility index (Phi) is 4.03. The van der Waals surface area contributed by atoms with Crippen molar-refractivity contribution >= 4 is 0 Å². The third-order valence-corrected chi connectivity index (χ3v) is 5.14. The van der Waals surface area contributed by atoms with Gasteiger partial charge in [-0.25, -0.2) is 0 Å². The van der Waals surface area contributed by atoms with Crippen LogP contribution in [0.25, 0.3) is 0 Å². The number of hydrogen-bond acceptors (Lipinski definition) is 5. The molecule has 5 nitrogen and oxygen atoms in total. The summed E-state index contributed by atoms with van der Waals surface area (Å²) in [5.41, 5.74) is 0.546. The second kappa shape index (κ2) is 6.14. The molecule has 3 saturated heterocycles. The molecular formula is C17H25N3O2. The normalized spacial score (nSPS) is 25.6. The molecule has 1 aromatic heterocycles. The number of nitrogens with zero attached hydrogens (tertiary/aromatic N) is 3. The van der Waals surface area contributed by atoms with Gasteiger partial charge in [0.15, 0.2) is 0 Å². The Hall–Kier alpha value is -1.17. The second-order valence-corrected chi connectivity index (χ2v) is 7.05. The topological polar surface area (TPSA) is 37.8 Å². The van der Waals surface area contributed by atoms with Crippen LogP contribution in [0.2, 0.25) is 0 Å². The van der Waals surface area contributed by atoms with Crippen LogP contribution in [0.3, 0.4) is 0 Å². The van der Waals surface area contributed by atoms with Gasteiger partial charge in [0.2, 0.25) is 0 Å². The van der Waals surface area contributed by atoms with E-state index in [1.165, 1.54) is 26.2 Å². The van der Waals surface area contributed by atoms with Gasteiger partial charge in [-0.2, -0.15) is 0 Å². The Bertz CT molecular complexity index is 476. The third kappa shape index (κ3) is 3.12. The highest BCUT2D eigenvalue weighted by atomic mass is 16.5. The first kappa shape index (κ1) is 14.4. The van der Waals surface area contributed by atoms with Gasteiger partial charge in [0, 0.05) is 50.9 Å². The fourth-order valence-corrected chi connectivity index (χ4v) is 3.78. The molecule has 1 spiro atoms. The Labute approximate surface area is 132 Å². The summed E-state index contributed by atoms with van der Waals surface area (Å²) in [4.78, 5) is 9.25. The Morgan fingerprint density at radius 2 is 1.95 bits per heavy atom. The molecule has 0 bridgehead atoms. The van der Waals surface area contributed by atoms with Gasteiger partial charge in [-0.15, -0.1) is 0 Å². The van der Waals surface area contributed by atoms with Gasteiger partial charge in [-0.1, -0.05) is 0 Å². The van der Waals surface area contributed by atoms with Crippen molar-refractivity contribution in [3.8, 4) is 5.75 Å². The molecule has 3 aliphatic rings. The van der Waals surface area contributed by atoms with Crippen molar-refractivity contribution in [1.29, 1.82) is 0 Å². The average Bonchev–Trinajstić information content (AvgIpc) is 2.47. The summed E-state index contributed by atoms with van der Waals surface area (Å²) in [6.45, 7) is 9.15. The van der Waals surface area contributed by atoms with Crippen LogP contribution in [0.5, 0.6) is 5.75 Å². The predicted octanol–water partition coefficient (Wildman–Crippen LogP) is 1.26. The maximum absolute atomic E-state index is 6.00. The summed E-state index contributed by atoms with van der Waals surface area (Å²) < 4.78 is 11.3. The largest absolute Gasteiger partial charge is 0.489 e. The summed E-state index contributed by atoms with van der Waals surface area (Å²) in [7, 11) is 0. The average molecular weight is 303 g/mol. The summed E-state index contributed by atoms with van der Waals surface area (Å²) in [5.74, 6) is 0.898. The van der Waals surface area contributed by atoms with E-state index in [0.717, 1.165) is 44.9 Å². The molecule has 0 atom stereocenters. The van der Waals surface area contributed by atoms with E-state index < -0.39 is 0 Å². The van der Waals surface area contributed by atoms with E-state index in [0.29, 0.717) is 11.5 Å². The van der Waals surface area contributed by atoms with E-state index in [4.69, 9.17) is 9.47 Å². The molecular weight excluding hydrogens is 278 g/mol. The van der Waals surface area contributed by atoms with E-state index in [2.05, 4.69) is 14.8 Å². The molecule has 0 unspecified atom stereocenters. The van der Waals surface area contributed by atoms with Crippen LogP contribution in [0.1, 0.15) is 12.8 Å². The van der Waals surface area contributed by atoms with Crippen molar-refractivity contribution in [2.75, 3.05) is 52.5 Å². The minimum Gasteiger partial charge on any atom is -0.489 e. The molecule has 4 heterocycles. The quantitative estimate of drug-likeness (QED) is 0.819. The molecule has 0 amide bonds. The molecule has 0 radical (unpaired) electrons. The minimum absolute atomic E-state index is 0.347. The van der Waals surface area contributed by atoms with Gasteiger partial charge < -0.3 is 19.3 Å². The lowest BCUT2D eigenvalue weighted by molar-refractivity contribution is -0.189. The molecule has 120 valence electrons. The van der Waals surface area contributed by atoms with E-state index >= 15 is 0 Å². The molecule has 22 heavy (non-hydrogen) atoms. The van der Waals surface area contributed by atoms with Crippen molar-refractivity contribution in [3.05, 3.63) is 24.5 Å². The summed E-state index contributed by atoms with van der Waals surface area (Å²) in [6, 6.07) is 3.92. The minimum atomic E-state index is 0.347. The van der Waals surface area contributed by atoms with Crippen molar-refractivity contribution < 1.29 is 9.47 Å². The first-order chi connectivity index (χ1) is 10.8. The number of ether oxygens (including phenoxy) is 2. The number of likely N-dealkylation sites (tertiary alicyclic amines) is 2. The van der Waals surface area contributed by atoms with Crippen molar-refractivity contribution in [2.45, 2.75) is 18.9 Å². The number of piperidine rings is 1. The monoisotopic (exact) mass is 303 g/mol. The first-order valence-electron chi connectivity index (χ1n) is 8.41. The SMILES string of the molecule is c1cncc(OC2CCN(CCN3CC4(COC4)C3)CC2)c1. The van der Waals surface area contributed by atoms with Crippen molar-refractivity contribution in [2.24, 2.45) is 5.41 Å². The van der Waals surface area contributed by atoms with Crippen molar-refractivity contribution in [1.82, 2.24) is 14.8 Å². The fraction of sp³-hybridized carbons (Fsp3) is 0.706. The highest BCUT2D eigenvalue weighted by Crippen LogP contribution is 2.37. The van der Waals surface area contributed by atoms with Crippen LogP contribution < -0.4 is 4.74 Å². The van der Waals surface area contributed by atoms with Gasteiger partial charge in [0.1, 0.15) is 11.9 Å². The standard InChI is InChI=1S/C17H25N3O2/c1-2-16(10-18-5-1)22-15-3-6-19(7-4-15)8-9-20-11-17(12-20)13-21-14-17/h1-2,5,10,15H,3-4,6-9,11-14H2. The van der Waals surface area contributed by atoms with Gasteiger partial charge in [0.05, 0.1) is 19.4 Å². The zero-order chi connectivity index (χ0) is 14.8. The Morgan fingerprint density at radius 1 is 1.18 bits per heavy atom. The molecule has 3 aliphatic heterocycles. The molecule has 5 heteroatoms. The maximum Gasteiger partial charge on any atom is 0.137 e. The molecule has 0 aliphatic carbocycles. The Morgan fingerprint density at radius 3 is 2.59 bits per heavy atom. The molecule has 4 rings (SSSR count). The van der Waals surface area contributed by atoms with Crippen molar-refractivity contribution in [3.63, 3.8) is 0 Å². The highest BCUT2D eigenvalue weighted by Gasteiger charge is 2.48. The second-order valence-electron chi connectivity index (χ2n) is 7.05. The molecule has 0 N–H and O–H groups in total. The van der Waals surface area contributed by atoms with E-state index in [1.54, 1.807) is 12.4 Å². The van der Waals surface area contributed by atoms with Gasteiger partial charge in [-0.3, -0.25) is 4.98 Å². The van der Waals surface area contributed by atoms with Gasteiger partial charge in [-0.05, 0) is 25.0 Å². The lowest BCUT2D eigenvalue weighted by Gasteiger charge is -2.55. The summed E-state index contributed by atoms with van der Waals surface area (Å²) in [5, 5.41) is 0. The van der Waals surface area contributed by atoms with Crippen LogP contribution in [0, 0.1) is 5.41 Å². The van der Waals surface area contributed by atoms with E-state index in [1.807, 2.05) is 12.1 Å². The fourth-order valence-electron chi connectivity index (χ4n) is 3.78. The zero-order valence-electron chi connectivity index (χ0n) is 13.1.